The minimum absolute atomic E-state index is 0.219. The second kappa shape index (κ2) is 5.50. The molecular formula is C10H16N2O4. The third-order valence-corrected chi connectivity index (χ3v) is 2.28. The molecule has 1 heterocycles. The first kappa shape index (κ1) is 12.5. The lowest BCUT2D eigenvalue weighted by atomic mass is 10.2. The molecule has 0 spiro atoms. The van der Waals surface area contributed by atoms with Crippen molar-refractivity contribution in [2.45, 2.75) is 26.8 Å². The number of nitrogens with one attached hydrogen (secondary N) is 1. The van der Waals surface area contributed by atoms with Crippen LogP contribution in [0.5, 0.6) is 5.88 Å². The van der Waals surface area contributed by atoms with Gasteiger partial charge in [0.25, 0.3) is 5.56 Å². The summed E-state index contributed by atoms with van der Waals surface area (Å²) >= 11 is 0. The molecule has 0 aromatic carbocycles. The lowest BCUT2D eigenvalue weighted by molar-refractivity contribution is 0.135. The van der Waals surface area contributed by atoms with Gasteiger partial charge in [0.05, 0.1) is 18.7 Å². The number of nitrogens with zero attached hydrogens (tertiary/aromatic N) is 1. The smallest absolute Gasteiger partial charge is 0.331 e. The van der Waals surface area contributed by atoms with E-state index in [1.54, 1.807) is 6.92 Å². The summed E-state index contributed by atoms with van der Waals surface area (Å²) in [5.74, 6) is -0.268. The van der Waals surface area contributed by atoms with E-state index < -0.39 is 11.2 Å². The largest absolute Gasteiger partial charge is 0.494 e. The highest BCUT2D eigenvalue weighted by Gasteiger charge is 2.11. The van der Waals surface area contributed by atoms with Gasteiger partial charge < -0.3 is 9.84 Å². The average molecular weight is 228 g/mol. The maximum Gasteiger partial charge on any atom is 0.331 e. The van der Waals surface area contributed by atoms with Gasteiger partial charge in [0.15, 0.2) is 0 Å². The summed E-state index contributed by atoms with van der Waals surface area (Å²) in [4.78, 5) is 24.9. The molecule has 0 amide bonds. The quantitative estimate of drug-likeness (QED) is 0.686. The van der Waals surface area contributed by atoms with Gasteiger partial charge in [-0.1, -0.05) is 6.92 Å². The molecule has 1 aromatic rings. The number of hydrogen-bond acceptors (Lipinski definition) is 4. The van der Waals surface area contributed by atoms with Crippen LogP contribution in [-0.4, -0.2) is 27.9 Å². The number of H-pyrrole nitrogens is 1. The number of ether oxygens (including phenoxy) is 1. The predicted octanol–water partition coefficient (Wildman–Crippen LogP) is -0.159. The molecule has 1 aromatic heterocycles. The Kier molecular flexibility index (Phi) is 4.30. The highest BCUT2D eigenvalue weighted by Crippen LogP contribution is 2.09. The van der Waals surface area contributed by atoms with Crippen LogP contribution in [0.25, 0.3) is 0 Å². The topological polar surface area (TPSA) is 84.3 Å². The molecule has 0 saturated carbocycles. The highest BCUT2D eigenvalue weighted by atomic mass is 16.5. The van der Waals surface area contributed by atoms with Crippen LogP contribution in [0, 0.1) is 0 Å². The van der Waals surface area contributed by atoms with Crippen molar-refractivity contribution < 1.29 is 9.84 Å². The van der Waals surface area contributed by atoms with Crippen molar-refractivity contribution >= 4 is 0 Å². The van der Waals surface area contributed by atoms with Gasteiger partial charge in [-0.15, -0.1) is 0 Å². The summed E-state index contributed by atoms with van der Waals surface area (Å²) in [6, 6.07) is 0. The fourth-order valence-corrected chi connectivity index (χ4v) is 1.43. The molecule has 0 fully saturated rings. The van der Waals surface area contributed by atoms with Gasteiger partial charge in [0, 0.05) is 6.61 Å². The van der Waals surface area contributed by atoms with Crippen molar-refractivity contribution in [1.82, 2.24) is 9.55 Å². The number of aromatic hydroxyl groups is 1. The van der Waals surface area contributed by atoms with Crippen molar-refractivity contribution in [2.75, 3.05) is 13.2 Å². The number of aromatic amines is 1. The Morgan fingerprint density at radius 2 is 2.06 bits per heavy atom. The van der Waals surface area contributed by atoms with Crippen LogP contribution in [-0.2, 0) is 17.7 Å². The fraction of sp³-hybridized carbons (Fsp3) is 0.600. The number of rotatable bonds is 5. The van der Waals surface area contributed by atoms with Crippen LogP contribution in [0.1, 0.15) is 19.4 Å². The molecule has 6 nitrogen and oxygen atoms in total. The first-order valence-electron chi connectivity index (χ1n) is 5.24. The summed E-state index contributed by atoms with van der Waals surface area (Å²) < 4.78 is 6.20. The van der Waals surface area contributed by atoms with E-state index in [0.29, 0.717) is 19.6 Å². The van der Waals surface area contributed by atoms with Crippen molar-refractivity contribution in [1.29, 1.82) is 0 Å². The number of aromatic nitrogens is 2. The predicted molar refractivity (Wildman–Crippen MR) is 58.9 cm³/mol. The van der Waals surface area contributed by atoms with E-state index >= 15 is 0 Å². The maximum absolute atomic E-state index is 11.4. The zero-order valence-electron chi connectivity index (χ0n) is 9.45. The first-order chi connectivity index (χ1) is 7.61. The van der Waals surface area contributed by atoms with Gasteiger partial charge in [-0.05, 0) is 13.3 Å². The molecule has 90 valence electrons. The van der Waals surface area contributed by atoms with Crippen LogP contribution in [0.4, 0.5) is 0 Å². The standard InChI is InChI=1S/C10H16N2O4/c1-3-7-8(13)11-10(15)12(9(7)14)5-6-16-4-2/h14H,3-6H2,1-2H3,(H,11,13,15). The normalized spacial score (nSPS) is 10.6. The molecule has 0 saturated heterocycles. The van der Waals surface area contributed by atoms with E-state index in [9.17, 15) is 14.7 Å². The van der Waals surface area contributed by atoms with E-state index in [4.69, 9.17) is 4.74 Å². The van der Waals surface area contributed by atoms with Crippen molar-refractivity contribution in [2.24, 2.45) is 0 Å². The van der Waals surface area contributed by atoms with Crippen LogP contribution in [0.3, 0.4) is 0 Å². The fourth-order valence-electron chi connectivity index (χ4n) is 1.43. The Labute approximate surface area is 92.5 Å². The summed E-state index contributed by atoms with van der Waals surface area (Å²) in [5.41, 5.74) is -0.923. The molecule has 0 aliphatic carbocycles. The van der Waals surface area contributed by atoms with Gasteiger partial charge >= 0.3 is 5.69 Å². The van der Waals surface area contributed by atoms with Crippen molar-refractivity contribution in [3.8, 4) is 5.88 Å². The van der Waals surface area contributed by atoms with Crippen LogP contribution >= 0.6 is 0 Å². The van der Waals surface area contributed by atoms with Crippen molar-refractivity contribution in [3.05, 3.63) is 26.4 Å². The molecule has 0 unspecified atom stereocenters. The lowest BCUT2D eigenvalue weighted by Gasteiger charge is -2.10. The van der Waals surface area contributed by atoms with E-state index in [1.165, 1.54) is 0 Å². The summed E-state index contributed by atoms with van der Waals surface area (Å²) in [6.45, 7) is 4.66. The summed E-state index contributed by atoms with van der Waals surface area (Å²) in [5, 5.41) is 9.74. The molecule has 6 heteroatoms. The highest BCUT2D eigenvalue weighted by molar-refractivity contribution is 5.22. The molecule has 1 rings (SSSR count). The second-order valence-electron chi connectivity index (χ2n) is 3.26. The Balaban J connectivity index is 3.08. The zero-order chi connectivity index (χ0) is 12.1. The average Bonchev–Trinajstić information content (AvgIpc) is 2.23. The Morgan fingerprint density at radius 1 is 1.38 bits per heavy atom. The SMILES string of the molecule is CCOCCn1c(O)c(CC)c(=O)[nH]c1=O. The maximum atomic E-state index is 11.4. The van der Waals surface area contributed by atoms with Gasteiger partial charge in [-0.25, -0.2) is 4.79 Å². The molecule has 2 N–H and O–H groups in total. The van der Waals surface area contributed by atoms with Crippen LogP contribution < -0.4 is 11.2 Å². The third kappa shape index (κ3) is 2.52. The molecule has 0 radical (unpaired) electrons. The van der Waals surface area contributed by atoms with Gasteiger partial charge in [-0.3, -0.25) is 14.3 Å². The molecule has 0 aliphatic rings. The van der Waals surface area contributed by atoms with E-state index in [-0.39, 0.29) is 18.0 Å². The molecule has 16 heavy (non-hydrogen) atoms. The Morgan fingerprint density at radius 3 is 2.62 bits per heavy atom. The monoisotopic (exact) mass is 228 g/mol. The Hall–Kier alpha value is -1.56. The van der Waals surface area contributed by atoms with E-state index in [1.807, 2.05) is 6.92 Å². The van der Waals surface area contributed by atoms with Crippen molar-refractivity contribution in [3.63, 3.8) is 0 Å². The second-order valence-corrected chi connectivity index (χ2v) is 3.26. The first-order valence-corrected chi connectivity index (χ1v) is 5.24. The molecule has 0 atom stereocenters. The van der Waals surface area contributed by atoms with Crippen LogP contribution in [0.15, 0.2) is 9.59 Å². The summed E-state index contributed by atoms with van der Waals surface area (Å²) in [6.07, 6.45) is 0.371. The summed E-state index contributed by atoms with van der Waals surface area (Å²) in [7, 11) is 0. The van der Waals surface area contributed by atoms with Gasteiger partial charge in [0.2, 0.25) is 5.88 Å². The minimum atomic E-state index is -0.612. The molecule has 0 bridgehead atoms. The minimum Gasteiger partial charge on any atom is -0.494 e. The lowest BCUT2D eigenvalue weighted by Crippen LogP contribution is -2.33. The number of hydrogen-bond donors (Lipinski definition) is 2. The molecular weight excluding hydrogens is 212 g/mol. The van der Waals surface area contributed by atoms with Crippen LogP contribution in [0.2, 0.25) is 0 Å². The Bertz CT molecular complexity index is 461. The van der Waals surface area contributed by atoms with Gasteiger partial charge in [0.1, 0.15) is 0 Å². The zero-order valence-corrected chi connectivity index (χ0v) is 9.45. The van der Waals surface area contributed by atoms with E-state index in [0.717, 1.165) is 4.57 Å². The van der Waals surface area contributed by atoms with E-state index in [2.05, 4.69) is 4.98 Å². The molecule has 0 aliphatic heterocycles. The third-order valence-electron chi connectivity index (χ3n) is 2.28. The van der Waals surface area contributed by atoms with Gasteiger partial charge in [-0.2, -0.15) is 0 Å².